The number of fused-ring (bicyclic) bond motifs is 5. The van der Waals surface area contributed by atoms with Gasteiger partial charge in [-0.05, 0) is 75.8 Å². The number of carbonyl (C=O) groups excluding carboxylic acids is 1. The normalized spacial score (nSPS) is 30.9. The van der Waals surface area contributed by atoms with Gasteiger partial charge in [0.05, 0.1) is 24.1 Å². The molecule has 0 unspecified atom stereocenters. The van der Waals surface area contributed by atoms with E-state index in [1.165, 1.54) is 58.5 Å². The molecule has 2 saturated heterocycles. The van der Waals surface area contributed by atoms with Crippen molar-refractivity contribution in [1.29, 1.82) is 0 Å². The van der Waals surface area contributed by atoms with Crippen LogP contribution in [-0.4, -0.2) is 58.0 Å². The number of hydrogen-bond acceptors (Lipinski definition) is 7. The maximum Gasteiger partial charge on any atom is 0.306 e. The zero-order chi connectivity index (χ0) is 26.9. The van der Waals surface area contributed by atoms with Crippen molar-refractivity contribution in [1.82, 2.24) is 14.5 Å². The molecule has 2 aromatic rings. The highest BCUT2D eigenvalue weighted by Crippen LogP contribution is 2.48. The Balaban J connectivity index is 1.30. The summed E-state index contributed by atoms with van der Waals surface area (Å²) in [7, 11) is 1.46. The molecule has 2 aliphatic carbocycles. The average Bonchev–Trinajstić information content (AvgIpc) is 3.20. The number of benzene rings is 1. The lowest BCUT2D eigenvalue weighted by atomic mass is 9.69. The fraction of sp³-hybridized carbons (Fsp3) is 0.677. The summed E-state index contributed by atoms with van der Waals surface area (Å²) in [5, 5.41) is 4.15. The Labute approximate surface area is 230 Å². The Bertz CT molecular complexity index is 1260. The summed E-state index contributed by atoms with van der Waals surface area (Å²) >= 11 is 0. The quantitative estimate of drug-likeness (QED) is 0.262. The lowest BCUT2D eigenvalue weighted by Crippen LogP contribution is -2.52. The number of piperidine rings is 1. The first-order valence-corrected chi connectivity index (χ1v) is 15.1. The zero-order valence-corrected chi connectivity index (χ0v) is 23.4. The van der Waals surface area contributed by atoms with Gasteiger partial charge in [0, 0.05) is 30.6 Å². The monoisotopic (exact) mass is 534 g/mol. The first-order chi connectivity index (χ1) is 19.1. The van der Waals surface area contributed by atoms with E-state index in [2.05, 4.69) is 10.1 Å². The highest BCUT2D eigenvalue weighted by Gasteiger charge is 2.47. The van der Waals surface area contributed by atoms with Crippen molar-refractivity contribution in [3.05, 3.63) is 40.3 Å². The average molecular weight is 535 g/mol. The van der Waals surface area contributed by atoms with Crippen molar-refractivity contribution < 1.29 is 14.4 Å². The Morgan fingerprint density at radius 3 is 2.36 bits per heavy atom. The number of ether oxygens (including phenoxy) is 1. The largest absolute Gasteiger partial charge is 0.466 e. The summed E-state index contributed by atoms with van der Waals surface area (Å²) in [6.07, 6.45) is 13.3. The Hall–Kier alpha value is -2.74. The molecule has 3 heterocycles. The van der Waals surface area contributed by atoms with Crippen molar-refractivity contribution >= 4 is 22.7 Å². The van der Waals surface area contributed by atoms with Gasteiger partial charge in [0.15, 0.2) is 5.69 Å². The molecule has 0 spiro atoms. The summed E-state index contributed by atoms with van der Waals surface area (Å²) in [4.78, 5) is 39.0. The van der Waals surface area contributed by atoms with Gasteiger partial charge in [0.25, 0.3) is 5.56 Å². The fourth-order valence-corrected chi connectivity index (χ4v) is 8.41. The van der Waals surface area contributed by atoms with Crippen LogP contribution in [0.4, 0.5) is 0 Å². The molecule has 0 N–H and O–H groups in total. The number of rotatable bonds is 8. The predicted octanol–water partition coefficient (Wildman–Crippen LogP) is 5.23. The number of para-hydroxylation sites is 2. The number of carbonyl (C=O) groups is 1. The standard InChI is InChI=1S/C31H42N4O4/c1-3-39-29(36)14-13-27(33-38-2)30-31(37)35(28-10-5-4-9-26(28)32-30)25-18-22-11-12-23(19-25)34(22)24-16-20-7-6-8-21(15-20)17-24/h4-5,9-10,20-25H,3,6-8,11-19H2,1-2H3/b33-27+/t20-,21-,22-,23-/m1/s1. The van der Waals surface area contributed by atoms with Gasteiger partial charge in [0.2, 0.25) is 0 Å². The van der Waals surface area contributed by atoms with Crippen LogP contribution in [0.15, 0.2) is 34.2 Å². The van der Waals surface area contributed by atoms with Crippen LogP contribution in [0.2, 0.25) is 0 Å². The molecular formula is C31H42N4O4. The van der Waals surface area contributed by atoms with E-state index in [9.17, 15) is 9.59 Å². The highest BCUT2D eigenvalue weighted by molar-refractivity contribution is 6.00. The minimum absolute atomic E-state index is 0.120. The maximum atomic E-state index is 14.2. The predicted molar refractivity (Wildman–Crippen MR) is 151 cm³/mol. The molecule has 2 aliphatic heterocycles. The molecule has 1 aromatic heterocycles. The molecule has 210 valence electrons. The first kappa shape index (κ1) is 26.5. The van der Waals surface area contributed by atoms with Gasteiger partial charge >= 0.3 is 5.97 Å². The first-order valence-electron chi connectivity index (χ1n) is 15.1. The molecule has 8 nitrogen and oxygen atoms in total. The van der Waals surface area contributed by atoms with Crippen molar-refractivity contribution in [2.24, 2.45) is 17.0 Å². The van der Waals surface area contributed by atoms with Crippen LogP contribution in [0.5, 0.6) is 0 Å². The number of nitrogens with zero attached hydrogens (tertiary/aromatic N) is 4. The van der Waals surface area contributed by atoms with Crippen LogP contribution >= 0.6 is 0 Å². The summed E-state index contributed by atoms with van der Waals surface area (Å²) in [6, 6.07) is 9.81. The molecule has 0 radical (unpaired) electrons. The fourth-order valence-electron chi connectivity index (χ4n) is 8.41. The number of oxime groups is 1. The maximum absolute atomic E-state index is 14.2. The van der Waals surface area contributed by atoms with Crippen molar-refractivity contribution in [2.75, 3.05) is 13.7 Å². The second-order valence-electron chi connectivity index (χ2n) is 12.1. The van der Waals surface area contributed by atoms with Crippen LogP contribution in [0.3, 0.4) is 0 Å². The summed E-state index contributed by atoms with van der Waals surface area (Å²) < 4.78 is 7.09. The van der Waals surface area contributed by atoms with E-state index in [1.807, 2.05) is 28.8 Å². The molecule has 4 aliphatic rings. The minimum atomic E-state index is -0.321. The van der Waals surface area contributed by atoms with E-state index < -0.39 is 0 Å². The smallest absolute Gasteiger partial charge is 0.306 e. The number of aromatic nitrogens is 2. The van der Waals surface area contributed by atoms with E-state index >= 15 is 0 Å². The highest BCUT2D eigenvalue weighted by atomic mass is 16.6. The molecular weight excluding hydrogens is 492 g/mol. The molecule has 4 atom stereocenters. The lowest BCUT2D eigenvalue weighted by molar-refractivity contribution is -0.142. The van der Waals surface area contributed by atoms with Crippen molar-refractivity contribution in [3.63, 3.8) is 0 Å². The summed E-state index contributed by atoms with van der Waals surface area (Å²) in [5.74, 6) is 1.52. The molecule has 6 rings (SSSR count). The summed E-state index contributed by atoms with van der Waals surface area (Å²) in [5.41, 5.74) is 2.16. The van der Waals surface area contributed by atoms with Crippen molar-refractivity contribution in [3.8, 4) is 0 Å². The molecule has 39 heavy (non-hydrogen) atoms. The third-order valence-electron chi connectivity index (χ3n) is 9.79. The third-order valence-corrected chi connectivity index (χ3v) is 9.79. The van der Waals surface area contributed by atoms with Crippen LogP contribution in [0, 0.1) is 11.8 Å². The Morgan fingerprint density at radius 1 is 0.949 bits per heavy atom. The van der Waals surface area contributed by atoms with Gasteiger partial charge in [-0.25, -0.2) is 4.98 Å². The van der Waals surface area contributed by atoms with E-state index in [4.69, 9.17) is 14.6 Å². The van der Waals surface area contributed by atoms with Crippen molar-refractivity contribution in [2.45, 2.75) is 108 Å². The van der Waals surface area contributed by atoms with Gasteiger partial charge in [-0.15, -0.1) is 0 Å². The second-order valence-corrected chi connectivity index (χ2v) is 12.1. The molecule has 2 saturated carbocycles. The SMILES string of the molecule is CCOC(=O)CC/C(=N\OC)c1nc2ccccc2n(C2C[C@H]3CC[C@H](C2)N3C2C[C@@H]3CCC[C@@H](C2)C3)c1=O. The van der Waals surface area contributed by atoms with Gasteiger partial charge in [-0.1, -0.05) is 36.6 Å². The minimum Gasteiger partial charge on any atom is -0.466 e. The van der Waals surface area contributed by atoms with Gasteiger partial charge < -0.3 is 14.1 Å². The van der Waals surface area contributed by atoms with Crippen LogP contribution < -0.4 is 5.56 Å². The molecule has 4 bridgehead atoms. The zero-order valence-electron chi connectivity index (χ0n) is 23.4. The van der Waals surface area contributed by atoms with Crippen LogP contribution in [0.1, 0.15) is 95.7 Å². The number of esters is 1. The molecule has 0 amide bonds. The Morgan fingerprint density at radius 2 is 1.67 bits per heavy atom. The van der Waals surface area contributed by atoms with Crippen LogP contribution in [-0.2, 0) is 14.4 Å². The molecule has 4 fully saturated rings. The van der Waals surface area contributed by atoms with Crippen LogP contribution in [0.25, 0.3) is 11.0 Å². The molecule has 1 aromatic carbocycles. The lowest BCUT2D eigenvalue weighted by Gasteiger charge is -2.49. The van der Waals surface area contributed by atoms with E-state index in [-0.39, 0.29) is 36.1 Å². The van der Waals surface area contributed by atoms with E-state index in [1.54, 1.807) is 6.92 Å². The van der Waals surface area contributed by atoms with Gasteiger partial charge in [0.1, 0.15) is 12.8 Å². The topological polar surface area (TPSA) is 86.0 Å². The van der Waals surface area contributed by atoms with E-state index in [0.29, 0.717) is 24.4 Å². The number of hydrogen-bond donors (Lipinski definition) is 0. The van der Waals surface area contributed by atoms with Gasteiger partial charge in [-0.3, -0.25) is 14.5 Å². The van der Waals surface area contributed by atoms with E-state index in [0.717, 1.165) is 41.8 Å². The van der Waals surface area contributed by atoms with Gasteiger partial charge in [-0.2, -0.15) is 0 Å². The third kappa shape index (κ3) is 5.24. The summed E-state index contributed by atoms with van der Waals surface area (Å²) in [6.45, 7) is 2.10. The Kier molecular flexibility index (Phi) is 7.74. The second kappa shape index (κ2) is 11.4. The molecule has 8 heteroatoms.